The molecule has 3 rings (SSSR count). The van der Waals surface area contributed by atoms with Gasteiger partial charge in [0.2, 0.25) is 10.0 Å². The van der Waals surface area contributed by atoms with Crippen molar-refractivity contribution >= 4 is 10.0 Å². The summed E-state index contributed by atoms with van der Waals surface area (Å²) in [6, 6.07) is 7.61. The topological polar surface area (TPSA) is 61.9 Å². The first kappa shape index (κ1) is 15.9. The molecule has 122 valence electrons. The van der Waals surface area contributed by atoms with E-state index in [1.807, 2.05) is 12.1 Å². The zero-order valence-corrected chi connectivity index (χ0v) is 13.8. The summed E-state index contributed by atoms with van der Waals surface area (Å²) in [5.41, 5.74) is 1.02. The van der Waals surface area contributed by atoms with Crippen LogP contribution in [0.4, 0.5) is 0 Å². The van der Waals surface area contributed by atoms with Crippen LogP contribution in [0.15, 0.2) is 29.2 Å². The van der Waals surface area contributed by atoms with Crippen molar-refractivity contribution in [1.82, 2.24) is 14.5 Å². The molecule has 7 heteroatoms. The first-order valence-electron chi connectivity index (χ1n) is 7.56. The van der Waals surface area contributed by atoms with Gasteiger partial charge in [0.15, 0.2) is 0 Å². The molecule has 2 atom stereocenters. The average Bonchev–Trinajstić information content (AvgIpc) is 2.97. The van der Waals surface area contributed by atoms with E-state index < -0.39 is 10.0 Å². The van der Waals surface area contributed by atoms with Crippen molar-refractivity contribution in [1.29, 1.82) is 0 Å². The van der Waals surface area contributed by atoms with Gasteiger partial charge in [-0.05, 0) is 17.7 Å². The maximum atomic E-state index is 12.2. The third kappa shape index (κ3) is 3.04. The predicted molar refractivity (Wildman–Crippen MR) is 84.1 cm³/mol. The summed E-state index contributed by atoms with van der Waals surface area (Å²) in [5.74, 6) is 0. The van der Waals surface area contributed by atoms with Gasteiger partial charge in [-0.1, -0.05) is 12.1 Å². The first-order chi connectivity index (χ1) is 10.5. The van der Waals surface area contributed by atoms with Gasteiger partial charge in [0.1, 0.15) is 0 Å². The number of sulfonamides is 1. The Morgan fingerprint density at radius 2 is 2.18 bits per heavy atom. The number of ether oxygens (including phenoxy) is 1. The number of hydrogen-bond acceptors (Lipinski definition) is 5. The minimum Gasteiger partial charge on any atom is -0.374 e. The van der Waals surface area contributed by atoms with Gasteiger partial charge in [-0.2, -0.15) is 0 Å². The lowest BCUT2D eigenvalue weighted by Crippen LogP contribution is -2.50. The Morgan fingerprint density at radius 3 is 2.95 bits per heavy atom. The number of fused-ring (bicyclic) bond motifs is 1. The molecule has 0 aromatic heterocycles. The normalized spacial score (nSPS) is 26.3. The molecule has 2 saturated heterocycles. The van der Waals surface area contributed by atoms with Gasteiger partial charge >= 0.3 is 0 Å². The Hall–Kier alpha value is -0.990. The fourth-order valence-electron chi connectivity index (χ4n) is 3.11. The third-order valence-electron chi connectivity index (χ3n) is 4.37. The predicted octanol–water partition coefficient (Wildman–Crippen LogP) is 0.110. The molecule has 6 nitrogen and oxygen atoms in total. The highest BCUT2D eigenvalue weighted by atomic mass is 32.2. The summed E-state index contributed by atoms with van der Waals surface area (Å²) in [7, 11) is -0.271. The van der Waals surface area contributed by atoms with Crippen LogP contribution in [0.3, 0.4) is 0 Å². The first-order valence-corrected chi connectivity index (χ1v) is 9.00. The van der Waals surface area contributed by atoms with Crippen LogP contribution in [0, 0.1) is 0 Å². The van der Waals surface area contributed by atoms with E-state index in [1.54, 1.807) is 26.2 Å². The molecular formula is C15H23N3O3S. The number of nitrogens with zero attached hydrogens (tertiary/aromatic N) is 2. The largest absolute Gasteiger partial charge is 0.374 e. The average molecular weight is 325 g/mol. The minimum atomic E-state index is -3.38. The van der Waals surface area contributed by atoms with Crippen molar-refractivity contribution in [2.24, 2.45) is 0 Å². The molecule has 0 amide bonds. The molecule has 0 aliphatic carbocycles. The summed E-state index contributed by atoms with van der Waals surface area (Å²) in [6.07, 6.45) is 0.252. The molecule has 2 heterocycles. The van der Waals surface area contributed by atoms with Crippen molar-refractivity contribution in [2.45, 2.75) is 23.6 Å². The van der Waals surface area contributed by atoms with Crippen molar-refractivity contribution in [2.75, 3.05) is 40.3 Å². The van der Waals surface area contributed by atoms with Crippen molar-refractivity contribution in [3.63, 3.8) is 0 Å². The fraction of sp³-hybridized carbons (Fsp3) is 0.600. The molecule has 1 aromatic rings. The highest BCUT2D eigenvalue weighted by Gasteiger charge is 2.35. The lowest BCUT2D eigenvalue weighted by Gasteiger charge is -2.37. The van der Waals surface area contributed by atoms with Crippen LogP contribution in [-0.4, -0.2) is 70.1 Å². The second-order valence-electron chi connectivity index (χ2n) is 6.04. The van der Waals surface area contributed by atoms with Gasteiger partial charge in [-0.15, -0.1) is 0 Å². The van der Waals surface area contributed by atoms with Crippen molar-refractivity contribution in [3.05, 3.63) is 29.8 Å². The molecule has 0 unspecified atom stereocenters. The molecule has 1 aromatic carbocycles. The maximum absolute atomic E-state index is 12.2. The maximum Gasteiger partial charge on any atom is 0.242 e. The summed E-state index contributed by atoms with van der Waals surface area (Å²) >= 11 is 0. The van der Waals surface area contributed by atoms with Crippen molar-refractivity contribution in [3.8, 4) is 0 Å². The van der Waals surface area contributed by atoms with Gasteiger partial charge in [0.05, 0.1) is 17.6 Å². The van der Waals surface area contributed by atoms with E-state index in [0.717, 1.165) is 38.3 Å². The highest BCUT2D eigenvalue weighted by Crippen LogP contribution is 2.21. The molecule has 2 aliphatic heterocycles. The van der Waals surface area contributed by atoms with E-state index in [1.165, 1.54) is 4.31 Å². The molecule has 2 aliphatic rings. The van der Waals surface area contributed by atoms with Crippen LogP contribution in [0.1, 0.15) is 5.56 Å². The number of nitrogens with one attached hydrogen (secondary N) is 1. The zero-order valence-electron chi connectivity index (χ0n) is 13.0. The third-order valence-corrected chi connectivity index (χ3v) is 6.18. The summed E-state index contributed by atoms with van der Waals surface area (Å²) in [4.78, 5) is 2.74. The smallest absolute Gasteiger partial charge is 0.242 e. The van der Waals surface area contributed by atoms with E-state index in [4.69, 9.17) is 4.74 Å². The molecule has 0 bridgehead atoms. The van der Waals surface area contributed by atoms with E-state index in [2.05, 4.69) is 10.2 Å². The monoisotopic (exact) mass is 325 g/mol. The van der Waals surface area contributed by atoms with Crippen LogP contribution in [0.25, 0.3) is 0 Å². The fourth-order valence-corrected chi connectivity index (χ4v) is 4.08. The Balaban J connectivity index is 1.78. The quantitative estimate of drug-likeness (QED) is 0.851. The van der Waals surface area contributed by atoms with E-state index >= 15 is 0 Å². The van der Waals surface area contributed by atoms with Gasteiger partial charge in [0.25, 0.3) is 0 Å². The number of hydrogen-bond donors (Lipinski definition) is 1. The van der Waals surface area contributed by atoms with Crippen LogP contribution in [0.5, 0.6) is 0 Å². The number of rotatable bonds is 4. The minimum absolute atomic E-state index is 0.252. The molecule has 0 saturated carbocycles. The Labute approximate surface area is 132 Å². The van der Waals surface area contributed by atoms with Gasteiger partial charge < -0.3 is 10.1 Å². The van der Waals surface area contributed by atoms with Gasteiger partial charge in [0, 0.05) is 46.3 Å². The molecule has 2 fully saturated rings. The second-order valence-corrected chi connectivity index (χ2v) is 8.19. The highest BCUT2D eigenvalue weighted by molar-refractivity contribution is 7.89. The van der Waals surface area contributed by atoms with Gasteiger partial charge in [-0.25, -0.2) is 12.7 Å². The van der Waals surface area contributed by atoms with E-state index in [0.29, 0.717) is 10.9 Å². The number of morpholine rings is 1. The van der Waals surface area contributed by atoms with Crippen LogP contribution >= 0.6 is 0 Å². The SMILES string of the molecule is CN(C)S(=O)(=O)c1cccc(CN2CCO[C@@H]3CNC[C@@H]32)c1. The molecule has 1 N–H and O–H groups in total. The Morgan fingerprint density at radius 1 is 1.36 bits per heavy atom. The van der Waals surface area contributed by atoms with E-state index in [-0.39, 0.29) is 6.10 Å². The molecule has 22 heavy (non-hydrogen) atoms. The second kappa shape index (κ2) is 6.25. The molecule has 0 radical (unpaired) electrons. The Kier molecular flexibility index (Phi) is 4.52. The number of benzene rings is 1. The van der Waals surface area contributed by atoms with Crippen LogP contribution in [-0.2, 0) is 21.3 Å². The van der Waals surface area contributed by atoms with Crippen LogP contribution < -0.4 is 5.32 Å². The Bertz CT molecular complexity index is 633. The molecule has 0 spiro atoms. The lowest BCUT2D eigenvalue weighted by molar-refractivity contribution is -0.0500. The van der Waals surface area contributed by atoms with Crippen LogP contribution in [0.2, 0.25) is 0 Å². The standard InChI is InChI=1S/C15H23N3O3S/c1-17(2)22(19,20)13-5-3-4-12(8-13)11-18-6-7-21-15-10-16-9-14(15)18/h3-5,8,14-16H,6-7,9-11H2,1-2H3/t14-,15+/m0/s1. The zero-order chi connectivity index (χ0) is 15.7. The van der Waals surface area contributed by atoms with E-state index in [9.17, 15) is 8.42 Å². The van der Waals surface area contributed by atoms with Crippen molar-refractivity contribution < 1.29 is 13.2 Å². The molecular weight excluding hydrogens is 302 g/mol. The van der Waals surface area contributed by atoms with Gasteiger partial charge in [-0.3, -0.25) is 4.90 Å². The lowest BCUT2D eigenvalue weighted by atomic mass is 10.1. The summed E-state index contributed by atoms with van der Waals surface area (Å²) in [6.45, 7) is 4.20. The summed E-state index contributed by atoms with van der Waals surface area (Å²) < 4.78 is 31.5. The summed E-state index contributed by atoms with van der Waals surface area (Å²) in [5, 5.41) is 3.36.